The van der Waals surface area contributed by atoms with Crippen LogP contribution in [0, 0.1) is 25.6 Å². The Morgan fingerprint density at radius 3 is 2.50 bits per heavy atom. The summed E-state index contributed by atoms with van der Waals surface area (Å²) in [5.41, 5.74) is 6.52. The number of benzene rings is 2. The fourth-order valence-electron chi connectivity index (χ4n) is 4.04. The SMILES string of the molecule is Cc1ccc(C)c2c1N[C@H](c1ccc(F)cc1)[C@H]1CC=C[C@@H]21. The highest BCUT2D eigenvalue weighted by Gasteiger charge is 2.39. The van der Waals surface area contributed by atoms with Crippen molar-refractivity contribution in [2.45, 2.75) is 32.2 Å². The zero-order chi connectivity index (χ0) is 15.3. The summed E-state index contributed by atoms with van der Waals surface area (Å²) in [5, 5.41) is 3.75. The summed E-state index contributed by atoms with van der Waals surface area (Å²) in [6, 6.07) is 11.6. The summed E-state index contributed by atoms with van der Waals surface area (Å²) >= 11 is 0. The van der Waals surface area contributed by atoms with E-state index in [-0.39, 0.29) is 11.9 Å². The Hall–Kier alpha value is -2.09. The lowest BCUT2D eigenvalue weighted by Crippen LogP contribution is -2.30. The molecule has 1 heterocycles. The minimum absolute atomic E-state index is 0.173. The van der Waals surface area contributed by atoms with Crippen molar-refractivity contribution in [1.82, 2.24) is 0 Å². The van der Waals surface area contributed by atoms with Crippen molar-refractivity contribution in [3.8, 4) is 0 Å². The second-order valence-corrected chi connectivity index (χ2v) is 6.52. The molecule has 0 amide bonds. The summed E-state index contributed by atoms with van der Waals surface area (Å²) in [4.78, 5) is 0. The molecule has 112 valence electrons. The number of hydrogen-bond donors (Lipinski definition) is 1. The van der Waals surface area contributed by atoms with Gasteiger partial charge in [-0.15, -0.1) is 0 Å². The molecule has 1 aliphatic heterocycles. The van der Waals surface area contributed by atoms with Gasteiger partial charge in [-0.25, -0.2) is 4.39 Å². The van der Waals surface area contributed by atoms with Crippen LogP contribution >= 0.6 is 0 Å². The van der Waals surface area contributed by atoms with Crippen LogP contribution in [0.3, 0.4) is 0 Å². The third-order valence-electron chi connectivity index (χ3n) is 5.18. The first-order chi connectivity index (χ1) is 10.6. The van der Waals surface area contributed by atoms with Gasteiger partial charge in [-0.1, -0.05) is 36.4 Å². The minimum Gasteiger partial charge on any atom is -0.377 e. The minimum atomic E-state index is -0.173. The molecule has 0 radical (unpaired) electrons. The fraction of sp³-hybridized carbons (Fsp3) is 0.300. The number of anilines is 1. The number of aryl methyl sites for hydroxylation is 2. The van der Waals surface area contributed by atoms with Crippen LogP contribution in [0.25, 0.3) is 0 Å². The first-order valence-electron chi connectivity index (χ1n) is 7.94. The molecule has 4 rings (SSSR count). The molecule has 1 aliphatic carbocycles. The molecule has 2 aliphatic rings. The molecular weight excluding hydrogens is 273 g/mol. The molecule has 2 heteroatoms. The van der Waals surface area contributed by atoms with E-state index in [4.69, 9.17) is 0 Å². The quantitative estimate of drug-likeness (QED) is 0.706. The summed E-state index contributed by atoms with van der Waals surface area (Å²) in [7, 11) is 0. The average Bonchev–Trinajstić information content (AvgIpc) is 3.00. The van der Waals surface area contributed by atoms with E-state index in [9.17, 15) is 4.39 Å². The van der Waals surface area contributed by atoms with E-state index in [1.807, 2.05) is 12.1 Å². The Balaban J connectivity index is 1.84. The summed E-state index contributed by atoms with van der Waals surface area (Å²) < 4.78 is 13.2. The molecular formula is C20H20FN. The van der Waals surface area contributed by atoms with Gasteiger partial charge in [-0.05, 0) is 60.6 Å². The van der Waals surface area contributed by atoms with Crippen molar-refractivity contribution in [3.63, 3.8) is 0 Å². The average molecular weight is 293 g/mol. The van der Waals surface area contributed by atoms with Gasteiger partial charge in [0.1, 0.15) is 5.82 Å². The highest BCUT2D eigenvalue weighted by atomic mass is 19.1. The monoisotopic (exact) mass is 293 g/mol. The van der Waals surface area contributed by atoms with Gasteiger partial charge in [0.2, 0.25) is 0 Å². The molecule has 1 nitrogen and oxygen atoms in total. The molecule has 0 spiro atoms. The van der Waals surface area contributed by atoms with Crippen LogP contribution in [0.4, 0.5) is 10.1 Å². The lowest BCUT2D eigenvalue weighted by molar-refractivity contribution is 0.423. The second-order valence-electron chi connectivity index (χ2n) is 6.52. The van der Waals surface area contributed by atoms with Crippen molar-refractivity contribution in [3.05, 3.63) is 76.6 Å². The van der Waals surface area contributed by atoms with Crippen molar-refractivity contribution < 1.29 is 4.39 Å². The topological polar surface area (TPSA) is 12.0 Å². The third kappa shape index (κ3) is 1.98. The molecule has 2 aromatic carbocycles. The van der Waals surface area contributed by atoms with Crippen LogP contribution in [-0.4, -0.2) is 0 Å². The van der Waals surface area contributed by atoms with E-state index in [1.165, 1.54) is 27.9 Å². The number of hydrogen-bond acceptors (Lipinski definition) is 1. The molecule has 0 saturated carbocycles. The van der Waals surface area contributed by atoms with E-state index in [2.05, 4.69) is 43.4 Å². The van der Waals surface area contributed by atoms with E-state index >= 15 is 0 Å². The van der Waals surface area contributed by atoms with E-state index in [0.29, 0.717) is 11.8 Å². The van der Waals surface area contributed by atoms with E-state index in [1.54, 1.807) is 12.1 Å². The van der Waals surface area contributed by atoms with Gasteiger partial charge >= 0.3 is 0 Å². The van der Waals surface area contributed by atoms with Gasteiger partial charge in [-0.3, -0.25) is 0 Å². The standard InChI is InChI=1S/C20H20FN/c1-12-6-7-13(2)19-18(12)16-4-3-5-17(16)20(22-19)14-8-10-15(21)11-9-14/h3-4,6-11,16-17,20,22H,5H2,1-2H3/t16-,17+,20-/m1/s1. The second kappa shape index (κ2) is 4.98. The van der Waals surface area contributed by atoms with Gasteiger partial charge in [0.05, 0.1) is 6.04 Å². The number of fused-ring (bicyclic) bond motifs is 3. The molecule has 3 atom stereocenters. The number of allylic oxidation sites excluding steroid dienone is 2. The Morgan fingerprint density at radius 1 is 1.00 bits per heavy atom. The molecule has 0 bridgehead atoms. The van der Waals surface area contributed by atoms with Gasteiger partial charge in [0.25, 0.3) is 0 Å². The Kier molecular flexibility index (Phi) is 3.07. The smallest absolute Gasteiger partial charge is 0.123 e. The maximum absolute atomic E-state index is 13.2. The van der Waals surface area contributed by atoms with Crippen molar-refractivity contribution in [2.24, 2.45) is 5.92 Å². The van der Waals surface area contributed by atoms with Crippen LogP contribution < -0.4 is 5.32 Å². The molecule has 0 unspecified atom stereocenters. The van der Waals surface area contributed by atoms with Crippen molar-refractivity contribution in [1.29, 1.82) is 0 Å². The van der Waals surface area contributed by atoms with Gasteiger partial charge in [0, 0.05) is 11.6 Å². The molecule has 0 saturated heterocycles. The number of rotatable bonds is 1. The largest absolute Gasteiger partial charge is 0.377 e. The van der Waals surface area contributed by atoms with Crippen LogP contribution in [0.2, 0.25) is 0 Å². The highest BCUT2D eigenvalue weighted by molar-refractivity contribution is 5.66. The lowest BCUT2D eigenvalue weighted by atomic mass is 9.75. The van der Waals surface area contributed by atoms with Crippen molar-refractivity contribution in [2.75, 3.05) is 5.32 Å². The maximum Gasteiger partial charge on any atom is 0.123 e. The molecule has 2 aromatic rings. The molecule has 1 N–H and O–H groups in total. The number of nitrogens with one attached hydrogen (secondary N) is 1. The van der Waals surface area contributed by atoms with Crippen LogP contribution in [0.1, 0.15) is 40.6 Å². The Morgan fingerprint density at radius 2 is 1.73 bits per heavy atom. The molecule has 0 fully saturated rings. The van der Waals surface area contributed by atoms with Gasteiger partial charge < -0.3 is 5.32 Å². The normalized spacial score (nSPS) is 25.5. The van der Waals surface area contributed by atoms with E-state index < -0.39 is 0 Å². The Bertz CT molecular complexity index is 745. The van der Waals surface area contributed by atoms with Crippen LogP contribution in [-0.2, 0) is 0 Å². The zero-order valence-corrected chi connectivity index (χ0v) is 12.9. The van der Waals surface area contributed by atoms with Gasteiger partial charge in [-0.2, -0.15) is 0 Å². The first-order valence-corrected chi connectivity index (χ1v) is 7.94. The first kappa shape index (κ1) is 13.6. The summed E-state index contributed by atoms with van der Waals surface area (Å²) in [5.74, 6) is 0.803. The predicted molar refractivity (Wildman–Crippen MR) is 88.7 cm³/mol. The van der Waals surface area contributed by atoms with Gasteiger partial charge in [0.15, 0.2) is 0 Å². The highest BCUT2D eigenvalue weighted by Crippen LogP contribution is 2.51. The van der Waals surface area contributed by atoms with Crippen LogP contribution in [0.15, 0.2) is 48.6 Å². The number of halogens is 1. The molecule has 22 heavy (non-hydrogen) atoms. The van der Waals surface area contributed by atoms with Crippen LogP contribution in [0.5, 0.6) is 0 Å². The maximum atomic E-state index is 13.2. The third-order valence-corrected chi connectivity index (χ3v) is 5.18. The van der Waals surface area contributed by atoms with E-state index in [0.717, 1.165) is 6.42 Å². The predicted octanol–water partition coefficient (Wildman–Crippen LogP) is 5.27. The van der Waals surface area contributed by atoms with Crippen molar-refractivity contribution >= 4 is 5.69 Å². The summed E-state index contributed by atoms with van der Waals surface area (Å²) in [6.07, 6.45) is 5.73. The Labute approximate surface area is 130 Å². The lowest BCUT2D eigenvalue weighted by Gasteiger charge is -2.39. The molecule has 0 aromatic heterocycles. The zero-order valence-electron chi connectivity index (χ0n) is 12.9. The summed E-state index contributed by atoms with van der Waals surface area (Å²) in [6.45, 7) is 4.35. The fourth-order valence-corrected chi connectivity index (χ4v) is 4.04.